The van der Waals surface area contributed by atoms with Crippen molar-refractivity contribution in [3.8, 4) is 0 Å². The van der Waals surface area contributed by atoms with Crippen LogP contribution in [-0.4, -0.2) is 37.2 Å². The van der Waals surface area contributed by atoms with Crippen LogP contribution in [0.1, 0.15) is 303 Å². The van der Waals surface area contributed by atoms with E-state index in [4.69, 9.17) is 14.2 Å². The molecule has 0 radical (unpaired) electrons. The third kappa shape index (κ3) is 55.9. The van der Waals surface area contributed by atoms with Gasteiger partial charge in [-0.15, -0.1) is 0 Å². The summed E-state index contributed by atoms with van der Waals surface area (Å²) in [4.78, 5) is 38.2. The third-order valence-corrected chi connectivity index (χ3v) is 13.0. The van der Waals surface area contributed by atoms with Gasteiger partial charge in [0.1, 0.15) is 13.2 Å². The molecule has 69 heavy (non-hydrogen) atoms. The van der Waals surface area contributed by atoms with Crippen LogP contribution in [0.5, 0.6) is 0 Å². The van der Waals surface area contributed by atoms with E-state index in [0.717, 1.165) is 70.6 Å². The van der Waals surface area contributed by atoms with Crippen LogP contribution in [0.2, 0.25) is 0 Å². The van der Waals surface area contributed by atoms with Gasteiger partial charge in [-0.25, -0.2) is 0 Å². The number of rotatable bonds is 54. The average molecular weight is 966 g/mol. The Labute approximate surface area is 428 Å². The Balaban J connectivity index is 4.37. The molecule has 0 spiro atoms. The van der Waals surface area contributed by atoms with Gasteiger partial charge in [0.2, 0.25) is 0 Å². The van der Waals surface area contributed by atoms with E-state index in [0.29, 0.717) is 19.3 Å². The van der Waals surface area contributed by atoms with Crippen molar-refractivity contribution >= 4 is 17.9 Å². The van der Waals surface area contributed by atoms with Crippen molar-refractivity contribution in [1.29, 1.82) is 0 Å². The maximum atomic E-state index is 12.9. The van der Waals surface area contributed by atoms with Gasteiger partial charge >= 0.3 is 17.9 Å². The van der Waals surface area contributed by atoms with E-state index in [-0.39, 0.29) is 31.1 Å². The topological polar surface area (TPSA) is 78.9 Å². The molecular weight excluding hydrogens is 853 g/mol. The fraction of sp³-hybridized carbons (Fsp3) is 0.794. The van der Waals surface area contributed by atoms with Crippen molar-refractivity contribution in [3.05, 3.63) is 60.8 Å². The lowest BCUT2D eigenvalue weighted by molar-refractivity contribution is -0.167. The quantitative estimate of drug-likeness (QED) is 0.0262. The molecule has 0 saturated carbocycles. The highest BCUT2D eigenvalue weighted by molar-refractivity contribution is 5.71. The van der Waals surface area contributed by atoms with Gasteiger partial charge in [-0.05, 0) is 109 Å². The van der Waals surface area contributed by atoms with E-state index in [1.54, 1.807) is 0 Å². The second kappa shape index (κ2) is 57.7. The maximum Gasteiger partial charge on any atom is 0.306 e. The Kier molecular flexibility index (Phi) is 55.3. The summed E-state index contributed by atoms with van der Waals surface area (Å²) in [6, 6.07) is 0. The van der Waals surface area contributed by atoms with Crippen molar-refractivity contribution in [3.63, 3.8) is 0 Å². The van der Waals surface area contributed by atoms with Crippen LogP contribution in [0.25, 0.3) is 0 Å². The van der Waals surface area contributed by atoms with Gasteiger partial charge in [-0.1, -0.05) is 236 Å². The van der Waals surface area contributed by atoms with E-state index in [9.17, 15) is 14.4 Å². The van der Waals surface area contributed by atoms with E-state index < -0.39 is 6.10 Å². The van der Waals surface area contributed by atoms with E-state index in [1.807, 2.05) is 0 Å². The fourth-order valence-electron chi connectivity index (χ4n) is 8.44. The number of ether oxygens (including phenoxy) is 3. The Bertz CT molecular complexity index is 1250. The van der Waals surface area contributed by atoms with E-state index in [2.05, 4.69) is 81.5 Å². The second-order valence-corrected chi connectivity index (χ2v) is 19.9. The van der Waals surface area contributed by atoms with Crippen molar-refractivity contribution in [2.45, 2.75) is 309 Å². The number of carbonyl (C=O) groups excluding carboxylic acids is 3. The minimum absolute atomic E-state index is 0.0870. The van der Waals surface area contributed by atoms with Crippen LogP contribution >= 0.6 is 0 Å². The Hall–Kier alpha value is -2.89. The minimum atomic E-state index is -0.792. The highest BCUT2D eigenvalue weighted by Crippen LogP contribution is 2.16. The number of unbranched alkanes of at least 4 members (excludes halogenated alkanes) is 33. The van der Waals surface area contributed by atoms with Crippen LogP contribution in [0, 0.1) is 0 Å². The Morgan fingerprint density at radius 3 is 0.899 bits per heavy atom. The van der Waals surface area contributed by atoms with Crippen molar-refractivity contribution < 1.29 is 28.6 Å². The van der Waals surface area contributed by atoms with Crippen LogP contribution in [0.3, 0.4) is 0 Å². The molecule has 0 saturated heterocycles. The molecule has 6 heteroatoms. The van der Waals surface area contributed by atoms with Gasteiger partial charge in [0.15, 0.2) is 6.10 Å². The zero-order chi connectivity index (χ0) is 50.0. The zero-order valence-corrected chi connectivity index (χ0v) is 45.8. The lowest BCUT2D eigenvalue weighted by Crippen LogP contribution is -2.30. The predicted octanol–water partition coefficient (Wildman–Crippen LogP) is 20.0. The lowest BCUT2D eigenvalue weighted by Gasteiger charge is -2.18. The second-order valence-electron chi connectivity index (χ2n) is 19.9. The monoisotopic (exact) mass is 965 g/mol. The number of hydrogen-bond acceptors (Lipinski definition) is 6. The molecule has 0 bridgehead atoms. The molecular formula is C63H112O6. The first-order chi connectivity index (χ1) is 34.0. The highest BCUT2D eigenvalue weighted by Gasteiger charge is 2.19. The Morgan fingerprint density at radius 1 is 0.290 bits per heavy atom. The zero-order valence-electron chi connectivity index (χ0n) is 45.8. The molecule has 0 aliphatic rings. The van der Waals surface area contributed by atoms with Crippen molar-refractivity contribution in [2.75, 3.05) is 13.2 Å². The highest BCUT2D eigenvalue weighted by atomic mass is 16.6. The average Bonchev–Trinajstić information content (AvgIpc) is 3.35. The summed E-state index contributed by atoms with van der Waals surface area (Å²) >= 11 is 0. The molecule has 0 aliphatic carbocycles. The van der Waals surface area contributed by atoms with Crippen LogP contribution in [-0.2, 0) is 28.6 Å². The van der Waals surface area contributed by atoms with Crippen molar-refractivity contribution in [1.82, 2.24) is 0 Å². The van der Waals surface area contributed by atoms with Gasteiger partial charge in [-0.3, -0.25) is 14.4 Å². The third-order valence-electron chi connectivity index (χ3n) is 13.0. The number of carbonyl (C=O) groups is 3. The largest absolute Gasteiger partial charge is 0.462 e. The van der Waals surface area contributed by atoms with Crippen LogP contribution < -0.4 is 0 Å². The summed E-state index contributed by atoms with van der Waals surface area (Å²) in [6.07, 6.45) is 72.1. The molecule has 0 fully saturated rings. The normalized spacial score (nSPS) is 12.4. The predicted molar refractivity (Wildman–Crippen MR) is 298 cm³/mol. The van der Waals surface area contributed by atoms with Gasteiger partial charge < -0.3 is 14.2 Å². The van der Waals surface area contributed by atoms with E-state index >= 15 is 0 Å². The summed E-state index contributed by atoms with van der Waals surface area (Å²) in [5.74, 6) is -0.920. The van der Waals surface area contributed by atoms with E-state index in [1.165, 1.54) is 193 Å². The molecule has 0 aromatic heterocycles. The van der Waals surface area contributed by atoms with Gasteiger partial charge in [0, 0.05) is 19.3 Å². The first-order valence-electron chi connectivity index (χ1n) is 29.8. The molecule has 6 nitrogen and oxygen atoms in total. The minimum Gasteiger partial charge on any atom is -0.462 e. The van der Waals surface area contributed by atoms with Crippen LogP contribution in [0.15, 0.2) is 60.8 Å². The molecule has 400 valence electrons. The lowest BCUT2D eigenvalue weighted by atomic mass is 10.0. The molecule has 0 heterocycles. The maximum absolute atomic E-state index is 12.9. The first-order valence-corrected chi connectivity index (χ1v) is 29.8. The fourth-order valence-corrected chi connectivity index (χ4v) is 8.44. The Morgan fingerprint density at radius 2 is 0.522 bits per heavy atom. The van der Waals surface area contributed by atoms with Gasteiger partial charge in [0.25, 0.3) is 0 Å². The molecule has 0 unspecified atom stereocenters. The van der Waals surface area contributed by atoms with Gasteiger partial charge in [0.05, 0.1) is 0 Å². The SMILES string of the molecule is CCCCC/C=C\C/C=C\C/C=C\CCCCC(=O)OC[C@H](COC(=O)CCCCCCCCCCCCC/C=C\CCCCCCCC)OC(=O)CCCCCCCCC/C=C\CCCCCC. The molecule has 0 aromatic rings. The molecule has 0 aliphatic heterocycles. The standard InChI is InChI=1S/C63H112O6/c1-4-7-10-13-16-19-22-25-28-29-30-31-32-33-36-38-41-44-47-50-53-56-62(65)68-59-60(69-63(66)57-54-51-48-45-42-39-35-27-24-21-18-15-12-9-6-3)58-67-61(64)55-52-49-46-43-40-37-34-26-23-20-17-14-11-8-5-2/h17,20-21,24-26,28,34,40,43,60H,4-16,18-19,22-23,27,29-33,35-39,41-42,44-59H2,1-3H3/b20-17-,24-21-,28-25-,34-26-,43-40-/t60-/m1/s1. The number of esters is 3. The summed E-state index contributed by atoms with van der Waals surface area (Å²) in [7, 11) is 0. The molecule has 0 N–H and O–H groups in total. The smallest absolute Gasteiger partial charge is 0.306 e. The number of hydrogen-bond donors (Lipinski definition) is 0. The molecule has 1 atom stereocenters. The van der Waals surface area contributed by atoms with Crippen LogP contribution in [0.4, 0.5) is 0 Å². The molecule has 0 rings (SSSR count). The summed E-state index contributed by atoms with van der Waals surface area (Å²) in [5, 5.41) is 0. The summed E-state index contributed by atoms with van der Waals surface area (Å²) in [6.45, 7) is 6.59. The first kappa shape index (κ1) is 66.1. The summed E-state index contributed by atoms with van der Waals surface area (Å²) < 4.78 is 16.9. The number of allylic oxidation sites excluding steroid dienone is 10. The molecule has 0 aromatic carbocycles. The molecule has 0 amide bonds. The van der Waals surface area contributed by atoms with Crippen molar-refractivity contribution in [2.24, 2.45) is 0 Å². The summed E-state index contributed by atoms with van der Waals surface area (Å²) in [5.41, 5.74) is 0. The van der Waals surface area contributed by atoms with Gasteiger partial charge in [-0.2, -0.15) is 0 Å².